The third kappa shape index (κ3) is 3.40. The molecule has 3 rings (SSSR count). The van der Waals surface area contributed by atoms with Crippen molar-refractivity contribution in [3.8, 4) is 5.75 Å². The Hall–Kier alpha value is -1.23. The molecule has 2 aromatic rings. The number of hydrogen-bond acceptors (Lipinski definition) is 3. The molecule has 118 valence electrons. The highest BCUT2D eigenvalue weighted by Crippen LogP contribution is 2.41. The zero-order valence-electron chi connectivity index (χ0n) is 12.4. The smallest absolute Gasteiger partial charge is 0.144 e. The summed E-state index contributed by atoms with van der Waals surface area (Å²) < 4.78 is 7.73. The van der Waals surface area contributed by atoms with Crippen LogP contribution in [0.25, 0.3) is 0 Å². The molecule has 0 aliphatic carbocycles. The van der Waals surface area contributed by atoms with E-state index in [1.807, 2.05) is 29.1 Å². The van der Waals surface area contributed by atoms with Gasteiger partial charge in [0, 0.05) is 30.0 Å². The van der Waals surface area contributed by atoms with Crippen molar-refractivity contribution < 1.29 is 4.74 Å². The zero-order valence-corrected chi connectivity index (χ0v) is 13.9. The normalized spacial score (nSPS) is 19.1. The van der Waals surface area contributed by atoms with Crippen LogP contribution in [-0.4, -0.2) is 22.4 Å². The minimum atomic E-state index is 0.206. The van der Waals surface area contributed by atoms with Crippen molar-refractivity contribution in [3.63, 3.8) is 0 Å². The average molecular weight is 340 g/mol. The maximum absolute atomic E-state index is 6.30. The van der Waals surface area contributed by atoms with Gasteiger partial charge in [-0.3, -0.25) is 4.68 Å². The first-order chi connectivity index (χ1) is 10.6. The lowest BCUT2D eigenvalue weighted by Gasteiger charge is -2.23. The number of fused-ring (bicyclic) bond motifs is 1. The molecule has 1 N–H and O–H groups in total. The molecule has 6 heteroatoms. The summed E-state index contributed by atoms with van der Waals surface area (Å²) in [7, 11) is 0. The van der Waals surface area contributed by atoms with Gasteiger partial charge in [0.25, 0.3) is 0 Å². The standard InChI is InChI=1S/C16H19Cl2N3O/c1-11(10-21-8-3-7-19-21)20-14-4-2-9-22-16-12(14)5-6-13(17)15(16)18/h3,5-8,11,14,20H,2,4,9-10H2,1H3/t11-,14-/m0/s1. The average Bonchev–Trinajstić information content (AvgIpc) is 2.91. The van der Waals surface area contributed by atoms with Gasteiger partial charge >= 0.3 is 0 Å². The Labute approximate surface area is 140 Å². The van der Waals surface area contributed by atoms with E-state index in [1.165, 1.54) is 0 Å². The Morgan fingerprint density at radius 1 is 1.45 bits per heavy atom. The predicted molar refractivity (Wildman–Crippen MR) is 88.8 cm³/mol. The van der Waals surface area contributed by atoms with Gasteiger partial charge in [-0.15, -0.1) is 0 Å². The molecule has 1 aliphatic heterocycles. The molecule has 0 unspecified atom stereocenters. The summed E-state index contributed by atoms with van der Waals surface area (Å²) in [6.45, 7) is 3.64. The van der Waals surface area contributed by atoms with Gasteiger partial charge in [0.1, 0.15) is 10.8 Å². The number of aromatic nitrogens is 2. The molecule has 0 saturated heterocycles. The van der Waals surface area contributed by atoms with Crippen molar-refractivity contribution in [2.75, 3.05) is 6.61 Å². The summed E-state index contributed by atoms with van der Waals surface area (Å²) in [5.41, 5.74) is 1.08. The van der Waals surface area contributed by atoms with Crippen molar-refractivity contribution in [1.29, 1.82) is 0 Å². The molecule has 1 aliphatic rings. The highest BCUT2D eigenvalue weighted by atomic mass is 35.5. The molecule has 0 bridgehead atoms. The van der Waals surface area contributed by atoms with E-state index in [4.69, 9.17) is 27.9 Å². The fourth-order valence-corrected chi connectivity index (χ4v) is 3.22. The maximum Gasteiger partial charge on any atom is 0.144 e. The van der Waals surface area contributed by atoms with E-state index in [0.717, 1.165) is 30.7 Å². The molecule has 0 saturated carbocycles. The third-order valence-electron chi connectivity index (χ3n) is 3.85. The minimum absolute atomic E-state index is 0.206. The first kappa shape index (κ1) is 15.7. The second kappa shape index (κ2) is 6.90. The van der Waals surface area contributed by atoms with E-state index in [9.17, 15) is 0 Å². The molecule has 0 radical (unpaired) electrons. The first-order valence-electron chi connectivity index (χ1n) is 7.49. The van der Waals surface area contributed by atoms with E-state index in [0.29, 0.717) is 16.7 Å². The van der Waals surface area contributed by atoms with Crippen molar-refractivity contribution in [3.05, 3.63) is 46.2 Å². The molecular weight excluding hydrogens is 321 g/mol. The van der Waals surface area contributed by atoms with Crippen LogP contribution in [0.15, 0.2) is 30.6 Å². The molecule has 0 spiro atoms. The largest absolute Gasteiger partial charge is 0.492 e. The van der Waals surface area contributed by atoms with Gasteiger partial charge < -0.3 is 10.1 Å². The molecule has 1 aromatic heterocycles. The minimum Gasteiger partial charge on any atom is -0.492 e. The van der Waals surface area contributed by atoms with Crippen molar-refractivity contribution in [2.24, 2.45) is 0 Å². The lowest BCUT2D eigenvalue weighted by molar-refractivity contribution is 0.313. The summed E-state index contributed by atoms with van der Waals surface area (Å²) in [6.07, 6.45) is 5.76. The molecule has 0 amide bonds. The summed E-state index contributed by atoms with van der Waals surface area (Å²) in [6, 6.07) is 6.27. The Morgan fingerprint density at radius 3 is 3.09 bits per heavy atom. The summed E-state index contributed by atoms with van der Waals surface area (Å²) >= 11 is 12.4. The number of ether oxygens (including phenoxy) is 1. The van der Waals surface area contributed by atoms with Crippen LogP contribution in [-0.2, 0) is 6.54 Å². The van der Waals surface area contributed by atoms with Crippen LogP contribution in [0.4, 0.5) is 0 Å². The van der Waals surface area contributed by atoms with Gasteiger partial charge in [0.2, 0.25) is 0 Å². The fourth-order valence-electron chi connectivity index (χ4n) is 2.84. The Kier molecular flexibility index (Phi) is 4.91. The quantitative estimate of drug-likeness (QED) is 0.911. The van der Waals surface area contributed by atoms with E-state index in [-0.39, 0.29) is 12.1 Å². The van der Waals surface area contributed by atoms with Gasteiger partial charge in [-0.25, -0.2) is 0 Å². The molecule has 2 heterocycles. The molecule has 22 heavy (non-hydrogen) atoms. The first-order valence-corrected chi connectivity index (χ1v) is 8.25. The van der Waals surface area contributed by atoms with Crippen LogP contribution >= 0.6 is 23.2 Å². The van der Waals surface area contributed by atoms with Gasteiger partial charge in [-0.1, -0.05) is 29.3 Å². The monoisotopic (exact) mass is 339 g/mol. The molecule has 0 fully saturated rings. The number of hydrogen-bond donors (Lipinski definition) is 1. The number of benzene rings is 1. The lowest BCUT2D eigenvalue weighted by Crippen LogP contribution is -2.34. The topological polar surface area (TPSA) is 39.1 Å². The van der Waals surface area contributed by atoms with Crippen molar-refractivity contribution >= 4 is 23.2 Å². The highest BCUT2D eigenvalue weighted by molar-refractivity contribution is 6.43. The van der Waals surface area contributed by atoms with E-state index >= 15 is 0 Å². The summed E-state index contributed by atoms with van der Waals surface area (Å²) in [5, 5.41) is 8.95. The second-order valence-corrected chi connectivity index (χ2v) is 6.40. The zero-order chi connectivity index (χ0) is 15.5. The van der Waals surface area contributed by atoms with Crippen LogP contribution in [0.1, 0.15) is 31.4 Å². The van der Waals surface area contributed by atoms with Gasteiger partial charge in [0.15, 0.2) is 0 Å². The number of nitrogens with one attached hydrogen (secondary N) is 1. The van der Waals surface area contributed by atoms with Gasteiger partial charge in [0.05, 0.1) is 18.2 Å². The van der Waals surface area contributed by atoms with E-state index in [2.05, 4.69) is 17.3 Å². The van der Waals surface area contributed by atoms with Gasteiger partial charge in [-0.2, -0.15) is 5.10 Å². The van der Waals surface area contributed by atoms with Crippen LogP contribution in [0, 0.1) is 0 Å². The summed E-state index contributed by atoms with van der Waals surface area (Å²) in [5.74, 6) is 0.718. The van der Waals surface area contributed by atoms with E-state index < -0.39 is 0 Å². The van der Waals surface area contributed by atoms with Crippen LogP contribution in [0.2, 0.25) is 10.0 Å². The SMILES string of the molecule is C[C@@H](Cn1cccn1)N[C@H]1CCCOc2c1ccc(Cl)c2Cl. The molecule has 4 nitrogen and oxygen atoms in total. The highest BCUT2D eigenvalue weighted by Gasteiger charge is 2.24. The molecule has 1 aromatic carbocycles. The number of rotatable bonds is 4. The number of halogens is 2. The molecule has 2 atom stereocenters. The lowest BCUT2D eigenvalue weighted by atomic mass is 10.0. The second-order valence-electron chi connectivity index (χ2n) is 5.62. The van der Waals surface area contributed by atoms with Crippen LogP contribution in [0.3, 0.4) is 0 Å². The van der Waals surface area contributed by atoms with Gasteiger partial charge in [-0.05, 0) is 31.9 Å². The van der Waals surface area contributed by atoms with Crippen molar-refractivity contribution in [1.82, 2.24) is 15.1 Å². The van der Waals surface area contributed by atoms with E-state index in [1.54, 1.807) is 6.20 Å². The molecular formula is C16H19Cl2N3O. The Balaban J connectivity index is 1.78. The van der Waals surface area contributed by atoms with Crippen LogP contribution < -0.4 is 10.1 Å². The fraction of sp³-hybridized carbons (Fsp3) is 0.438. The maximum atomic E-state index is 6.30. The Bertz CT molecular complexity index is 631. The third-order valence-corrected chi connectivity index (χ3v) is 4.63. The van der Waals surface area contributed by atoms with Crippen LogP contribution in [0.5, 0.6) is 5.75 Å². The van der Waals surface area contributed by atoms with Crippen molar-refractivity contribution in [2.45, 2.75) is 38.4 Å². The Morgan fingerprint density at radius 2 is 2.32 bits per heavy atom. The predicted octanol–water partition coefficient (Wildman–Crippen LogP) is 4.08. The summed E-state index contributed by atoms with van der Waals surface area (Å²) in [4.78, 5) is 0. The number of nitrogens with zero attached hydrogens (tertiary/aromatic N) is 2.